The van der Waals surface area contributed by atoms with Crippen LogP contribution >= 0.6 is 0 Å². The van der Waals surface area contributed by atoms with Gasteiger partial charge in [0.15, 0.2) is 0 Å². The number of ether oxygens (including phenoxy) is 1. The van der Waals surface area contributed by atoms with Crippen LogP contribution in [0.5, 0.6) is 5.75 Å². The Labute approximate surface area is 97.8 Å². The summed E-state index contributed by atoms with van der Waals surface area (Å²) in [6.07, 6.45) is 4.90. The minimum atomic E-state index is -0.134. The minimum absolute atomic E-state index is 0.134. The monoisotopic (exact) mass is 219 g/mol. The summed E-state index contributed by atoms with van der Waals surface area (Å²) in [7, 11) is 1.69. The lowest BCUT2D eigenvalue weighted by Gasteiger charge is -2.40. The Morgan fingerprint density at radius 3 is 2.50 bits per heavy atom. The standard InChI is InChI=1S/C14H21NO/c1-11-5-3-4-10-14(11,15)12-6-8-13(16-2)9-7-12/h6-9,11H,3-5,10,15H2,1-2H3. The first-order valence-corrected chi connectivity index (χ1v) is 6.10. The zero-order valence-electron chi connectivity index (χ0n) is 10.2. The van der Waals surface area contributed by atoms with Crippen molar-refractivity contribution in [3.8, 4) is 5.75 Å². The molecule has 16 heavy (non-hydrogen) atoms. The topological polar surface area (TPSA) is 35.2 Å². The number of methoxy groups -OCH3 is 1. The summed E-state index contributed by atoms with van der Waals surface area (Å²) in [6.45, 7) is 2.27. The summed E-state index contributed by atoms with van der Waals surface area (Å²) in [5, 5.41) is 0. The average Bonchev–Trinajstić information content (AvgIpc) is 2.33. The fourth-order valence-electron chi connectivity index (χ4n) is 2.70. The highest BCUT2D eigenvalue weighted by molar-refractivity contribution is 5.32. The van der Waals surface area contributed by atoms with Crippen molar-refractivity contribution < 1.29 is 4.74 Å². The van der Waals surface area contributed by atoms with Gasteiger partial charge in [0.25, 0.3) is 0 Å². The first-order chi connectivity index (χ1) is 7.66. The van der Waals surface area contributed by atoms with E-state index in [-0.39, 0.29) is 5.54 Å². The Kier molecular flexibility index (Phi) is 3.20. The fourth-order valence-corrected chi connectivity index (χ4v) is 2.70. The van der Waals surface area contributed by atoms with Crippen LogP contribution in [0.2, 0.25) is 0 Å². The highest BCUT2D eigenvalue weighted by atomic mass is 16.5. The second-order valence-corrected chi connectivity index (χ2v) is 4.92. The number of hydrogen-bond donors (Lipinski definition) is 1. The molecule has 2 heteroatoms. The first kappa shape index (κ1) is 11.5. The molecule has 0 radical (unpaired) electrons. The molecule has 1 aliphatic carbocycles. The van der Waals surface area contributed by atoms with Gasteiger partial charge < -0.3 is 10.5 Å². The van der Waals surface area contributed by atoms with Gasteiger partial charge in [-0.3, -0.25) is 0 Å². The van der Waals surface area contributed by atoms with Crippen LogP contribution in [0.1, 0.15) is 38.2 Å². The smallest absolute Gasteiger partial charge is 0.118 e. The van der Waals surface area contributed by atoms with E-state index in [1.54, 1.807) is 7.11 Å². The van der Waals surface area contributed by atoms with E-state index >= 15 is 0 Å². The van der Waals surface area contributed by atoms with Crippen molar-refractivity contribution in [1.82, 2.24) is 0 Å². The summed E-state index contributed by atoms with van der Waals surface area (Å²) < 4.78 is 5.18. The SMILES string of the molecule is COc1ccc(C2(N)CCCCC2C)cc1. The third-order valence-electron chi connectivity index (χ3n) is 3.98. The van der Waals surface area contributed by atoms with Gasteiger partial charge in [-0.15, -0.1) is 0 Å². The summed E-state index contributed by atoms with van der Waals surface area (Å²) in [5.41, 5.74) is 7.69. The maximum atomic E-state index is 6.57. The Hall–Kier alpha value is -1.02. The third kappa shape index (κ3) is 1.94. The van der Waals surface area contributed by atoms with E-state index in [4.69, 9.17) is 10.5 Å². The van der Waals surface area contributed by atoms with Crippen LogP contribution in [-0.4, -0.2) is 7.11 Å². The van der Waals surface area contributed by atoms with Gasteiger partial charge in [0, 0.05) is 5.54 Å². The van der Waals surface area contributed by atoms with E-state index in [9.17, 15) is 0 Å². The highest BCUT2D eigenvalue weighted by Crippen LogP contribution is 2.39. The lowest BCUT2D eigenvalue weighted by atomic mass is 9.70. The van der Waals surface area contributed by atoms with Gasteiger partial charge in [-0.05, 0) is 36.5 Å². The molecular weight excluding hydrogens is 198 g/mol. The van der Waals surface area contributed by atoms with Gasteiger partial charge in [0.05, 0.1) is 7.11 Å². The molecule has 0 bridgehead atoms. The summed E-state index contributed by atoms with van der Waals surface area (Å²) in [4.78, 5) is 0. The zero-order chi connectivity index (χ0) is 11.6. The van der Waals surface area contributed by atoms with Crippen molar-refractivity contribution in [2.24, 2.45) is 11.7 Å². The minimum Gasteiger partial charge on any atom is -0.497 e. The van der Waals surface area contributed by atoms with Gasteiger partial charge >= 0.3 is 0 Å². The van der Waals surface area contributed by atoms with Crippen LogP contribution in [0.25, 0.3) is 0 Å². The lowest BCUT2D eigenvalue weighted by molar-refractivity contribution is 0.207. The summed E-state index contributed by atoms with van der Waals surface area (Å²) in [5.74, 6) is 1.46. The zero-order valence-corrected chi connectivity index (χ0v) is 10.2. The molecular formula is C14H21NO. The molecule has 0 aromatic heterocycles. The highest BCUT2D eigenvalue weighted by Gasteiger charge is 2.35. The predicted octanol–water partition coefficient (Wildman–Crippen LogP) is 3.06. The van der Waals surface area contributed by atoms with Crippen molar-refractivity contribution in [2.75, 3.05) is 7.11 Å². The predicted molar refractivity (Wildman–Crippen MR) is 66.5 cm³/mol. The van der Waals surface area contributed by atoms with E-state index in [0.29, 0.717) is 5.92 Å². The van der Waals surface area contributed by atoms with Crippen LogP contribution in [0.4, 0.5) is 0 Å². The van der Waals surface area contributed by atoms with Crippen molar-refractivity contribution in [3.63, 3.8) is 0 Å². The molecule has 0 heterocycles. The maximum Gasteiger partial charge on any atom is 0.118 e. The largest absolute Gasteiger partial charge is 0.497 e. The molecule has 1 saturated carbocycles. The van der Waals surface area contributed by atoms with Crippen LogP contribution in [0.15, 0.2) is 24.3 Å². The molecule has 0 amide bonds. The van der Waals surface area contributed by atoms with Crippen molar-refractivity contribution in [1.29, 1.82) is 0 Å². The van der Waals surface area contributed by atoms with Crippen LogP contribution < -0.4 is 10.5 Å². The van der Waals surface area contributed by atoms with Gasteiger partial charge in [0.2, 0.25) is 0 Å². The van der Waals surface area contributed by atoms with Crippen LogP contribution in [0, 0.1) is 5.92 Å². The van der Waals surface area contributed by atoms with Gasteiger partial charge in [0.1, 0.15) is 5.75 Å². The normalized spacial score (nSPS) is 30.1. The molecule has 88 valence electrons. The molecule has 2 N–H and O–H groups in total. The second-order valence-electron chi connectivity index (χ2n) is 4.92. The molecule has 2 rings (SSSR count). The maximum absolute atomic E-state index is 6.57. The number of rotatable bonds is 2. The first-order valence-electron chi connectivity index (χ1n) is 6.10. The van der Waals surface area contributed by atoms with Gasteiger partial charge in [-0.25, -0.2) is 0 Å². The fraction of sp³-hybridized carbons (Fsp3) is 0.571. The molecule has 2 nitrogen and oxygen atoms in total. The Morgan fingerprint density at radius 2 is 1.94 bits per heavy atom. The lowest BCUT2D eigenvalue weighted by Crippen LogP contribution is -2.45. The molecule has 1 aliphatic rings. The summed E-state index contributed by atoms with van der Waals surface area (Å²) in [6, 6.07) is 8.23. The number of benzene rings is 1. The molecule has 0 spiro atoms. The van der Waals surface area contributed by atoms with E-state index in [2.05, 4.69) is 19.1 Å². The van der Waals surface area contributed by atoms with Crippen molar-refractivity contribution >= 4 is 0 Å². The van der Waals surface area contributed by atoms with Gasteiger partial charge in [-0.1, -0.05) is 31.9 Å². The number of nitrogens with two attached hydrogens (primary N) is 1. The molecule has 1 aromatic carbocycles. The Bertz CT molecular complexity index is 346. The molecule has 0 aliphatic heterocycles. The Balaban J connectivity index is 2.26. The third-order valence-corrected chi connectivity index (χ3v) is 3.98. The average molecular weight is 219 g/mol. The Morgan fingerprint density at radius 1 is 1.25 bits per heavy atom. The van der Waals surface area contributed by atoms with Crippen molar-refractivity contribution in [3.05, 3.63) is 29.8 Å². The molecule has 1 aromatic rings. The van der Waals surface area contributed by atoms with Crippen LogP contribution in [0.3, 0.4) is 0 Å². The molecule has 0 saturated heterocycles. The van der Waals surface area contributed by atoms with E-state index in [1.165, 1.54) is 24.8 Å². The quantitative estimate of drug-likeness (QED) is 0.829. The number of hydrogen-bond acceptors (Lipinski definition) is 2. The van der Waals surface area contributed by atoms with E-state index in [1.807, 2.05) is 12.1 Å². The van der Waals surface area contributed by atoms with Gasteiger partial charge in [-0.2, -0.15) is 0 Å². The van der Waals surface area contributed by atoms with Crippen molar-refractivity contribution in [2.45, 2.75) is 38.1 Å². The molecule has 2 atom stereocenters. The second kappa shape index (κ2) is 4.46. The molecule has 1 fully saturated rings. The van der Waals surface area contributed by atoms with Crippen LogP contribution in [-0.2, 0) is 5.54 Å². The van der Waals surface area contributed by atoms with E-state index < -0.39 is 0 Å². The molecule has 2 unspecified atom stereocenters. The van der Waals surface area contributed by atoms with E-state index in [0.717, 1.165) is 12.2 Å². The summed E-state index contributed by atoms with van der Waals surface area (Å²) >= 11 is 0.